The predicted molar refractivity (Wildman–Crippen MR) is 95.8 cm³/mol. The molecule has 3 aromatic rings. The molecule has 1 aromatic heterocycles. The number of hydrogen-bond donors (Lipinski definition) is 1. The molecule has 0 spiro atoms. The van der Waals surface area contributed by atoms with Crippen LogP contribution in [-0.4, -0.2) is 42.6 Å². The van der Waals surface area contributed by atoms with Gasteiger partial charge in [-0.1, -0.05) is 12.1 Å². The maximum absolute atomic E-state index is 13.1. The summed E-state index contributed by atoms with van der Waals surface area (Å²) >= 11 is 0. The Hall–Kier alpha value is -2.86. The summed E-state index contributed by atoms with van der Waals surface area (Å²) in [6, 6.07) is 13.7. The van der Waals surface area contributed by atoms with Crippen molar-refractivity contribution in [3.8, 4) is 5.75 Å². The maximum Gasteiger partial charge on any atom is 0.270 e. The van der Waals surface area contributed by atoms with Crippen molar-refractivity contribution in [1.82, 2.24) is 9.88 Å². The molecule has 2 heterocycles. The number of fused-ring (bicyclic) bond motifs is 1. The number of rotatable bonds is 3. The third-order valence-electron chi connectivity index (χ3n) is 4.66. The Labute approximate surface area is 150 Å². The third-order valence-corrected chi connectivity index (χ3v) is 4.66. The number of ether oxygens (including phenoxy) is 2. The first-order valence-corrected chi connectivity index (χ1v) is 8.47. The van der Waals surface area contributed by atoms with Gasteiger partial charge in [0.2, 0.25) is 0 Å². The Bertz CT molecular complexity index is 936. The molecule has 5 nitrogen and oxygen atoms in total. The first kappa shape index (κ1) is 16.6. The van der Waals surface area contributed by atoms with Crippen LogP contribution in [0.5, 0.6) is 5.75 Å². The summed E-state index contributed by atoms with van der Waals surface area (Å²) in [5.74, 6) is 0.377. The molecular formula is C20H19FN2O3. The van der Waals surface area contributed by atoms with Gasteiger partial charge in [-0.15, -0.1) is 0 Å². The average molecular weight is 354 g/mol. The Morgan fingerprint density at radius 1 is 1.23 bits per heavy atom. The SMILES string of the molecule is COc1ccc2cc(C(=O)N3CCO[C@@H](c4ccc(F)cc4)C3)[nH]c2c1. The molecule has 0 unspecified atom stereocenters. The van der Waals surface area contributed by atoms with Gasteiger partial charge in [0.25, 0.3) is 5.91 Å². The third kappa shape index (κ3) is 3.15. The van der Waals surface area contributed by atoms with Crippen molar-refractivity contribution in [3.63, 3.8) is 0 Å². The Kier molecular flexibility index (Phi) is 4.34. The molecule has 1 fully saturated rings. The Balaban J connectivity index is 1.54. The van der Waals surface area contributed by atoms with E-state index in [9.17, 15) is 9.18 Å². The fourth-order valence-electron chi connectivity index (χ4n) is 3.23. The summed E-state index contributed by atoms with van der Waals surface area (Å²) in [5, 5.41) is 0.956. The van der Waals surface area contributed by atoms with E-state index in [0.717, 1.165) is 22.2 Å². The van der Waals surface area contributed by atoms with E-state index in [1.54, 1.807) is 24.1 Å². The van der Waals surface area contributed by atoms with E-state index in [1.165, 1.54) is 12.1 Å². The van der Waals surface area contributed by atoms with E-state index in [4.69, 9.17) is 9.47 Å². The van der Waals surface area contributed by atoms with Crippen molar-refractivity contribution >= 4 is 16.8 Å². The van der Waals surface area contributed by atoms with E-state index >= 15 is 0 Å². The van der Waals surface area contributed by atoms with Crippen molar-refractivity contribution in [2.75, 3.05) is 26.8 Å². The summed E-state index contributed by atoms with van der Waals surface area (Å²) < 4.78 is 24.1. The van der Waals surface area contributed by atoms with Crippen LogP contribution in [0, 0.1) is 5.82 Å². The molecule has 0 aliphatic carbocycles. The minimum Gasteiger partial charge on any atom is -0.497 e. The molecule has 1 aliphatic heterocycles. The van der Waals surface area contributed by atoms with Crippen molar-refractivity contribution in [2.45, 2.75) is 6.10 Å². The summed E-state index contributed by atoms with van der Waals surface area (Å²) in [4.78, 5) is 17.8. The number of nitrogens with zero attached hydrogens (tertiary/aromatic N) is 1. The number of morpholine rings is 1. The zero-order chi connectivity index (χ0) is 18.1. The van der Waals surface area contributed by atoms with Gasteiger partial charge in [-0.25, -0.2) is 4.39 Å². The number of aromatic nitrogens is 1. The molecule has 0 bridgehead atoms. The van der Waals surface area contributed by atoms with Gasteiger partial charge in [-0.3, -0.25) is 4.79 Å². The summed E-state index contributed by atoms with van der Waals surface area (Å²) in [6.07, 6.45) is -0.252. The molecule has 4 rings (SSSR count). The topological polar surface area (TPSA) is 54.6 Å². The highest BCUT2D eigenvalue weighted by molar-refractivity contribution is 5.98. The highest BCUT2D eigenvalue weighted by atomic mass is 19.1. The van der Waals surface area contributed by atoms with E-state index < -0.39 is 0 Å². The van der Waals surface area contributed by atoms with Gasteiger partial charge in [0.1, 0.15) is 23.4 Å². The van der Waals surface area contributed by atoms with E-state index in [1.807, 2.05) is 24.3 Å². The average Bonchev–Trinajstić information content (AvgIpc) is 3.11. The van der Waals surface area contributed by atoms with E-state index in [0.29, 0.717) is 25.4 Å². The van der Waals surface area contributed by atoms with Crippen LogP contribution in [-0.2, 0) is 4.74 Å². The molecule has 0 saturated carbocycles. The molecule has 134 valence electrons. The van der Waals surface area contributed by atoms with Crippen molar-refractivity contribution in [2.24, 2.45) is 0 Å². The first-order chi connectivity index (χ1) is 12.6. The number of carbonyl (C=O) groups excluding carboxylic acids is 1. The number of amides is 1. The second kappa shape index (κ2) is 6.80. The van der Waals surface area contributed by atoms with Crippen LogP contribution in [0.25, 0.3) is 10.9 Å². The highest BCUT2D eigenvalue weighted by Crippen LogP contribution is 2.25. The van der Waals surface area contributed by atoms with Crippen LogP contribution < -0.4 is 4.74 Å². The minimum atomic E-state index is -0.286. The lowest BCUT2D eigenvalue weighted by Gasteiger charge is -2.33. The van der Waals surface area contributed by atoms with Gasteiger partial charge < -0.3 is 19.4 Å². The second-order valence-electron chi connectivity index (χ2n) is 6.30. The van der Waals surface area contributed by atoms with Crippen LogP contribution in [0.1, 0.15) is 22.2 Å². The van der Waals surface area contributed by atoms with Crippen molar-refractivity contribution in [3.05, 3.63) is 65.6 Å². The quantitative estimate of drug-likeness (QED) is 0.783. The van der Waals surface area contributed by atoms with Gasteiger partial charge in [0.05, 0.1) is 20.3 Å². The number of aromatic amines is 1. The number of methoxy groups -OCH3 is 1. The normalized spacial score (nSPS) is 17.5. The smallest absolute Gasteiger partial charge is 0.270 e. The fraction of sp³-hybridized carbons (Fsp3) is 0.250. The molecule has 1 saturated heterocycles. The largest absolute Gasteiger partial charge is 0.497 e. The van der Waals surface area contributed by atoms with Crippen LogP contribution >= 0.6 is 0 Å². The number of halogens is 1. The molecule has 1 atom stereocenters. The number of benzene rings is 2. The van der Waals surface area contributed by atoms with Crippen LogP contribution in [0.2, 0.25) is 0 Å². The van der Waals surface area contributed by atoms with Gasteiger partial charge in [0.15, 0.2) is 0 Å². The molecule has 1 aliphatic rings. The zero-order valence-electron chi connectivity index (χ0n) is 14.4. The fourth-order valence-corrected chi connectivity index (χ4v) is 3.23. The number of hydrogen-bond acceptors (Lipinski definition) is 3. The monoisotopic (exact) mass is 354 g/mol. The molecule has 2 aromatic carbocycles. The summed E-state index contributed by atoms with van der Waals surface area (Å²) in [6.45, 7) is 1.40. The zero-order valence-corrected chi connectivity index (χ0v) is 14.4. The van der Waals surface area contributed by atoms with E-state index in [-0.39, 0.29) is 17.8 Å². The second-order valence-corrected chi connectivity index (χ2v) is 6.30. The van der Waals surface area contributed by atoms with Crippen molar-refractivity contribution in [1.29, 1.82) is 0 Å². The van der Waals surface area contributed by atoms with Crippen LogP contribution in [0.4, 0.5) is 4.39 Å². The summed E-state index contributed by atoms with van der Waals surface area (Å²) in [7, 11) is 1.61. The van der Waals surface area contributed by atoms with Gasteiger partial charge in [-0.2, -0.15) is 0 Å². The lowest BCUT2D eigenvalue weighted by atomic mass is 10.1. The standard InChI is InChI=1S/C20H19FN2O3/c1-25-16-7-4-14-10-18(22-17(14)11-16)20(24)23-8-9-26-19(12-23)13-2-5-15(21)6-3-13/h2-7,10-11,19,22H,8-9,12H2,1H3/t19-/m1/s1. The molecule has 0 radical (unpaired) electrons. The summed E-state index contributed by atoms with van der Waals surface area (Å²) in [5.41, 5.74) is 2.26. The van der Waals surface area contributed by atoms with Crippen LogP contribution in [0.15, 0.2) is 48.5 Å². The molecule has 1 N–H and O–H groups in total. The van der Waals surface area contributed by atoms with Gasteiger partial charge >= 0.3 is 0 Å². The number of carbonyl (C=O) groups is 1. The maximum atomic E-state index is 13.1. The Morgan fingerprint density at radius 3 is 2.81 bits per heavy atom. The van der Waals surface area contributed by atoms with E-state index in [2.05, 4.69) is 4.98 Å². The van der Waals surface area contributed by atoms with Crippen LogP contribution in [0.3, 0.4) is 0 Å². The number of nitrogens with one attached hydrogen (secondary N) is 1. The minimum absolute atomic E-state index is 0.0735. The first-order valence-electron chi connectivity index (χ1n) is 8.47. The highest BCUT2D eigenvalue weighted by Gasteiger charge is 2.27. The molecule has 6 heteroatoms. The molecular weight excluding hydrogens is 335 g/mol. The van der Waals surface area contributed by atoms with Gasteiger partial charge in [0, 0.05) is 23.5 Å². The predicted octanol–water partition coefficient (Wildman–Crippen LogP) is 3.53. The lowest BCUT2D eigenvalue weighted by Crippen LogP contribution is -2.42. The Morgan fingerprint density at radius 2 is 2.04 bits per heavy atom. The molecule has 1 amide bonds. The lowest BCUT2D eigenvalue weighted by molar-refractivity contribution is -0.0230. The van der Waals surface area contributed by atoms with Crippen molar-refractivity contribution < 1.29 is 18.7 Å². The number of H-pyrrole nitrogens is 1. The molecule has 26 heavy (non-hydrogen) atoms. The van der Waals surface area contributed by atoms with Gasteiger partial charge in [-0.05, 0) is 35.9 Å².